The van der Waals surface area contributed by atoms with Crippen molar-refractivity contribution in [2.75, 3.05) is 26.1 Å². The van der Waals surface area contributed by atoms with Crippen molar-refractivity contribution in [1.82, 2.24) is 4.57 Å². The minimum absolute atomic E-state index is 0.00990. The summed E-state index contributed by atoms with van der Waals surface area (Å²) < 4.78 is 12.1. The van der Waals surface area contributed by atoms with Gasteiger partial charge in [-0.3, -0.25) is 4.79 Å². The summed E-state index contributed by atoms with van der Waals surface area (Å²) in [5, 5.41) is 3.51. The lowest BCUT2D eigenvalue weighted by Gasteiger charge is -2.29. The summed E-state index contributed by atoms with van der Waals surface area (Å²) in [7, 11) is 3.42. The van der Waals surface area contributed by atoms with Gasteiger partial charge in [0.05, 0.1) is 18.4 Å². The molecule has 1 aromatic rings. The van der Waals surface area contributed by atoms with Crippen molar-refractivity contribution >= 4 is 5.69 Å². The van der Waals surface area contributed by atoms with E-state index in [1.165, 1.54) is 0 Å². The number of hydrogen-bond donors (Lipinski definition) is 1. The van der Waals surface area contributed by atoms with Crippen molar-refractivity contribution in [3.63, 3.8) is 0 Å². The van der Waals surface area contributed by atoms with E-state index in [1.807, 2.05) is 12.3 Å². The number of aromatic nitrogens is 1. The van der Waals surface area contributed by atoms with E-state index in [0.29, 0.717) is 25.3 Å². The summed E-state index contributed by atoms with van der Waals surface area (Å²) in [6.45, 7) is 1.13. The lowest BCUT2D eigenvalue weighted by molar-refractivity contribution is 0.0682. The average Bonchev–Trinajstić information content (AvgIpc) is 2.48. The number of hydrogen-bond acceptors (Lipinski definition) is 4. The maximum Gasteiger partial charge on any atom is 0.250 e. The first-order valence-electron chi connectivity index (χ1n) is 7.21. The van der Waals surface area contributed by atoms with E-state index in [-0.39, 0.29) is 5.56 Å². The van der Waals surface area contributed by atoms with Gasteiger partial charge in [0.1, 0.15) is 0 Å². The van der Waals surface area contributed by atoms with Crippen LogP contribution in [0, 0.1) is 0 Å². The Morgan fingerprint density at radius 2 is 2.00 bits per heavy atom. The van der Waals surface area contributed by atoms with Gasteiger partial charge in [-0.1, -0.05) is 0 Å². The molecule has 0 aromatic carbocycles. The van der Waals surface area contributed by atoms with Gasteiger partial charge in [-0.15, -0.1) is 0 Å². The first kappa shape index (κ1) is 15.1. The molecule has 5 nitrogen and oxygen atoms in total. The Kier molecular flexibility index (Phi) is 5.61. The molecule has 0 aliphatic heterocycles. The van der Waals surface area contributed by atoms with Gasteiger partial charge < -0.3 is 19.4 Å². The molecule has 5 heteroatoms. The molecule has 0 atom stereocenters. The van der Waals surface area contributed by atoms with Gasteiger partial charge in [0.25, 0.3) is 5.56 Å². The highest BCUT2D eigenvalue weighted by Gasteiger charge is 2.20. The molecule has 0 saturated heterocycles. The third kappa shape index (κ3) is 4.08. The van der Waals surface area contributed by atoms with E-state index in [1.54, 1.807) is 24.9 Å². The summed E-state index contributed by atoms with van der Waals surface area (Å²) in [6.07, 6.45) is 6.69. The van der Waals surface area contributed by atoms with E-state index in [9.17, 15) is 4.79 Å². The first-order valence-corrected chi connectivity index (χ1v) is 7.21. The molecule has 1 aromatic heterocycles. The van der Waals surface area contributed by atoms with Crippen molar-refractivity contribution in [1.29, 1.82) is 0 Å². The second-order valence-electron chi connectivity index (χ2n) is 5.30. The fraction of sp³-hybridized carbons (Fsp3) is 0.667. The summed E-state index contributed by atoms with van der Waals surface area (Å²) in [5.41, 5.74) is 1.01. The second-order valence-corrected chi connectivity index (χ2v) is 5.30. The molecule has 0 radical (unpaired) electrons. The Morgan fingerprint density at radius 1 is 1.25 bits per heavy atom. The van der Waals surface area contributed by atoms with Crippen molar-refractivity contribution in [3.8, 4) is 0 Å². The van der Waals surface area contributed by atoms with Crippen LogP contribution in [0.4, 0.5) is 5.69 Å². The van der Waals surface area contributed by atoms with Gasteiger partial charge in [0.2, 0.25) is 0 Å². The zero-order chi connectivity index (χ0) is 14.4. The predicted octanol–water partition coefficient (Wildman–Crippen LogP) is 1.86. The molecule has 1 aliphatic carbocycles. The number of methoxy groups -OCH3 is 2. The molecule has 1 heterocycles. The monoisotopic (exact) mass is 280 g/mol. The SMILES string of the molecule is COCCn1cc(NC2CCC(OC)CC2)ccc1=O. The van der Waals surface area contributed by atoms with Gasteiger partial charge in [-0.05, 0) is 31.7 Å². The van der Waals surface area contributed by atoms with Gasteiger partial charge in [-0.2, -0.15) is 0 Å². The van der Waals surface area contributed by atoms with Gasteiger partial charge >= 0.3 is 0 Å². The molecule has 1 fully saturated rings. The van der Waals surface area contributed by atoms with Crippen molar-refractivity contribution < 1.29 is 9.47 Å². The van der Waals surface area contributed by atoms with E-state index in [4.69, 9.17) is 9.47 Å². The number of pyridine rings is 1. The first-order chi connectivity index (χ1) is 9.72. The molecular weight excluding hydrogens is 256 g/mol. The number of anilines is 1. The van der Waals surface area contributed by atoms with Crippen molar-refractivity contribution in [3.05, 3.63) is 28.7 Å². The molecule has 1 N–H and O–H groups in total. The maximum atomic E-state index is 11.7. The van der Waals surface area contributed by atoms with Crippen LogP contribution in [-0.2, 0) is 16.0 Å². The molecule has 0 bridgehead atoms. The number of nitrogens with one attached hydrogen (secondary N) is 1. The minimum atomic E-state index is 0.00990. The lowest BCUT2D eigenvalue weighted by Crippen LogP contribution is -2.30. The molecular formula is C15H24N2O3. The van der Waals surface area contributed by atoms with E-state index >= 15 is 0 Å². The Bertz CT molecular complexity index is 464. The van der Waals surface area contributed by atoms with Crippen molar-refractivity contribution in [2.45, 2.75) is 44.4 Å². The van der Waals surface area contributed by atoms with Crippen LogP contribution in [0.3, 0.4) is 0 Å². The zero-order valence-electron chi connectivity index (χ0n) is 12.3. The summed E-state index contributed by atoms with van der Waals surface area (Å²) >= 11 is 0. The molecule has 1 aliphatic rings. The molecule has 0 amide bonds. The molecule has 0 spiro atoms. The molecule has 2 rings (SSSR count). The Morgan fingerprint density at radius 3 is 2.65 bits per heavy atom. The summed E-state index contributed by atoms with van der Waals surface area (Å²) in [4.78, 5) is 11.7. The topological polar surface area (TPSA) is 52.5 Å². The van der Waals surface area contributed by atoms with Crippen LogP contribution in [0.1, 0.15) is 25.7 Å². The van der Waals surface area contributed by atoms with E-state index < -0.39 is 0 Å². The van der Waals surface area contributed by atoms with Gasteiger partial charge in [0.15, 0.2) is 0 Å². The Balaban J connectivity index is 1.94. The minimum Gasteiger partial charge on any atom is -0.383 e. The highest BCUT2D eigenvalue weighted by molar-refractivity contribution is 5.41. The third-order valence-electron chi connectivity index (χ3n) is 3.90. The van der Waals surface area contributed by atoms with Crippen LogP contribution >= 0.6 is 0 Å². The Labute approximate surface area is 119 Å². The van der Waals surface area contributed by atoms with Gasteiger partial charge in [-0.25, -0.2) is 0 Å². The highest BCUT2D eigenvalue weighted by Crippen LogP contribution is 2.23. The van der Waals surface area contributed by atoms with Crippen LogP contribution < -0.4 is 10.9 Å². The maximum absolute atomic E-state index is 11.7. The number of nitrogens with zero attached hydrogens (tertiary/aromatic N) is 1. The molecule has 0 unspecified atom stereocenters. The summed E-state index contributed by atoms with van der Waals surface area (Å²) in [5.74, 6) is 0. The van der Waals surface area contributed by atoms with E-state index in [0.717, 1.165) is 31.4 Å². The Hall–Kier alpha value is -1.33. The van der Waals surface area contributed by atoms with Crippen LogP contribution in [0.2, 0.25) is 0 Å². The fourth-order valence-electron chi connectivity index (χ4n) is 2.66. The average molecular weight is 280 g/mol. The lowest BCUT2D eigenvalue weighted by atomic mass is 9.93. The largest absolute Gasteiger partial charge is 0.383 e. The predicted molar refractivity (Wildman–Crippen MR) is 79.3 cm³/mol. The van der Waals surface area contributed by atoms with Crippen LogP contribution in [0.5, 0.6) is 0 Å². The second kappa shape index (κ2) is 7.45. The smallest absolute Gasteiger partial charge is 0.250 e. The number of rotatable bonds is 6. The van der Waals surface area contributed by atoms with Gasteiger partial charge in [0, 0.05) is 39.1 Å². The normalized spacial score (nSPS) is 22.7. The zero-order valence-corrected chi connectivity index (χ0v) is 12.3. The standard InChI is InChI=1S/C15H24N2O3/c1-19-10-9-17-11-13(5-8-15(17)18)16-12-3-6-14(20-2)7-4-12/h5,8,11-12,14,16H,3-4,6-7,9-10H2,1-2H3. The van der Waals surface area contributed by atoms with Crippen LogP contribution in [0.15, 0.2) is 23.1 Å². The quantitative estimate of drug-likeness (QED) is 0.864. The van der Waals surface area contributed by atoms with E-state index in [2.05, 4.69) is 5.32 Å². The van der Waals surface area contributed by atoms with Crippen LogP contribution in [-0.4, -0.2) is 37.5 Å². The highest BCUT2D eigenvalue weighted by atomic mass is 16.5. The molecule has 112 valence electrons. The molecule has 1 saturated carbocycles. The van der Waals surface area contributed by atoms with Crippen LogP contribution in [0.25, 0.3) is 0 Å². The number of ether oxygens (including phenoxy) is 2. The molecule has 20 heavy (non-hydrogen) atoms. The third-order valence-corrected chi connectivity index (χ3v) is 3.90. The van der Waals surface area contributed by atoms with Crippen molar-refractivity contribution in [2.24, 2.45) is 0 Å². The fourth-order valence-corrected chi connectivity index (χ4v) is 2.66. The summed E-state index contributed by atoms with van der Waals surface area (Å²) in [6, 6.07) is 3.93.